The number of fused-ring (bicyclic) bond motifs is 2. The molecule has 3 unspecified atom stereocenters. The van der Waals surface area contributed by atoms with Gasteiger partial charge in [-0.3, -0.25) is 0 Å². The van der Waals surface area contributed by atoms with E-state index in [0.29, 0.717) is 5.82 Å². The molecule has 0 heterocycles. The predicted octanol–water partition coefficient (Wildman–Crippen LogP) is 4.30. The molecule has 2 aliphatic rings. The number of rotatable bonds is 9. The average molecular weight is 252 g/mol. The maximum atomic E-state index is 6.04. The van der Waals surface area contributed by atoms with Gasteiger partial charge in [0.1, 0.15) is 0 Å². The molecule has 0 amide bonds. The van der Waals surface area contributed by atoms with Crippen LogP contribution >= 0.6 is 0 Å². The molecule has 0 N–H and O–H groups in total. The smallest absolute Gasteiger partial charge is 0.411 e. The van der Waals surface area contributed by atoms with E-state index in [1.807, 2.05) is 0 Å². The van der Waals surface area contributed by atoms with Crippen LogP contribution in [0.4, 0.5) is 0 Å². The zero-order valence-electron chi connectivity index (χ0n) is 12.2. The molecule has 2 saturated carbocycles. The summed E-state index contributed by atoms with van der Waals surface area (Å²) in [7, 11) is 0.0957. The monoisotopic (exact) mass is 252 g/mol. The minimum absolute atomic E-state index is 0.0957. The van der Waals surface area contributed by atoms with Crippen LogP contribution in [-0.4, -0.2) is 20.3 Å². The summed E-state index contributed by atoms with van der Waals surface area (Å²) in [5.41, 5.74) is 0. The van der Waals surface area contributed by atoms with E-state index in [0.717, 1.165) is 37.9 Å². The van der Waals surface area contributed by atoms with E-state index in [1.54, 1.807) is 0 Å². The second-order valence-corrected chi connectivity index (χ2v) is 6.16. The third-order valence-corrected chi connectivity index (χ3v) is 4.70. The molecule has 2 nitrogen and oxygen atoms in total. The van der Waals surface area contributed by atoms with E-state index in [-0.39, 0.29) is 7.12 Å². The molecule has 0 aromatic rings. The van der Waals surface area contributed by atoms with Crippen molar-refractivity contribution in [3.63, 3.8) is 0 Å². The Hall–Kier alpha value is -0.0151. The quantitative estimate of drug-likeness (QED) is 0.450. The van der Waals surface area contributed by atoms with Gasteiger partial charge >= 0.3 is 7.12 Å². The molecule has 3 heteroatoms. The van der Waals surface area contributed by atoms with Gasteiger partial charge in [-0.2, -0.15) is 0 Å². The topological polar surface area (TPSA) is 18.5 Å². The fourth-order valence-electron chi connectivity index (χ4n) is 3.61. The van der Waals surface area contributed by atoms with Crippen LogP contribution in [0, 0.1) is 11.8 Å². The highest BCUT2D eigenvalue weighted by atomic mass is 16.6. The molecule has 2 bridgehead atoms. The van der Waals surface area contributed by atoms with Gasteiger partial charge in [-0.15, -0.1) is 0 Å². The molecule has 104 valence electrons. The summed E-state index contributed by atoms with van der Waals surface area (Å²) in [4.78, 5) is 0. The van der Waals surface area contributed by atoms with Crippen molar-refractivity contribution in [2.24, 2.45) is 11.8 Å². The largest absolute Gasteiger partial charge is 0.460 e. The van der Waals surface area contributed by atoms with Gasteiger partial charge in [0.15, 0.2) is 0 Å². The first kappa shape index (κ1) is 14.4. The first-order valence-corrected chi connectivity index (χ1v) is 8.08. The summed E-state index contributed by atoms with van der Waals surface area (Å²) < 4.78 is 12.1. The second-order valence-electron chi connectivity index (χ2n) is 6.16. The molecule has 18 heavy (non-hydrogen) atoms. The molecule has 0 aliphatic heterocycles. The lowest BCUT2D eigenvalue weighted by atomic mass is 9.63. The van der Waals surface area contributed by atoms with Crippen LogP contribution in [0.2, 0.25) is 5.82 Å². The molecule has 0 spiro atoms. The van der Waals surface area contributed by atoms with Crippen molar-refractivity contribution in [2.75, 3.05) is 13.2 Å². The van der Waals surface area contributed by atoms with E-state index in [2.05, 4.69) is 13.8 Å². The van der Waals surface area contributed by atoms with Crippen molar-refractivity contribution in [3.8, 4) is 0 Å². The predicted molar refractivity (Wildman–Crippen MR) is 76.7 cm³/mol. The Morgan fingerprint density at radius 1 is 0.944 bits per heavy atom. The highest BCUT2D eigenvalue weighted by Crippen LogP contribution is 2.53. The lowest BCUT2D eigenvalue weighted by molar-refractivity contribution is 0.174. The summed E-state index contributed by atoms with van der Waals surface area (Å²) in [5.74, 6) is 2.56. The fraction of sp³-hybridized carbons (Fsp3) is 1.00. The van der Waals surface area contributed by atoms with Crippen molar-refractivity contribution < 1.29 is 9.31 Å². The van der Waals surface area contributed by atoms with Gasteiger partial charge in [0, 0.05) is 13.2 Å². The second kappa shape index (κ2) is 7.54. The average Bonchev–Trinajstić information content (AvgIpc) is 2.99. The van der Waals surface area contributed by atoms with Crippen LogP contribution < -0.4 is 0 Å². The molecule has 2 aliphatic carbocycles. The van der Waals surface area contributed by atoms with Crippen LogP contribution in [0.5, 0.6) is 0 Å². The summed E-state index contributed by atoms with van der Waals surface area (Å²) in [6.07, 6.45) is 10.4. The highest BCUT2D eigenvalue weighted by molar-refractivity contribution is 6.46. The summed E-state index contributed by atoms with van der Waals surface area (Å²) in [6.45, 7) is 6.18. The zero-order chi connectivity index (χ0) is 12.8. The Kier molecular flexibility index (Phi) is 6.03. The molecule has 2 fully saturated rings. The SMILES string of the molecule is CCCCOB(OCCCC)C1CC2CCC1C2. The van der Waals surface area contributed by atoms with Crippen molar-refractivity contribution in [1.82, 2.24) is 0 Å². The lowest BCUT2D eigenvalue weighted by Crippen LogP contribution is -2.33. The Labute approximate surface area is 113 Å². The van der Waals surface area contributed by atoms with Crippen LogP contribution in [0.15, 0.2) is 0 Å². The highest BCUT2D eigenvalue weighted by Gasteiger charge is 2.46. The van der Waals surface area contributed by atoms with Gasteiger partial charge in [0.05, 0.1) is 0 Å². The Morgan fingerprint density at radius 3 is 2.06 bits per heavy atom. The zero-order valence-corrected chi connectivity index (χ0v) is 12.2. The summed E-state index contributed by atoms with van der Waals surface area (Å²) in [6, 6.07) is 0. The molecule has 0 saturated heterocycles. The maximum absolute atomic E-state index is 6.04. The molecule has 0 aromatic carbocycles. The van der Waals surface area contributed by atoms with Gasteiger partial charge in [0.25, 0.3) is 0 Å². The lowest BCUT2D eigenvalue weighted by Gasteiger charge is -2.27. The first-order chi connectivity index (χ1) is 8.85. The van der Waals surface area contributed by atoms with Crippen molar-refractivity contribution in [3.05, 3.63) is 0 Å². The van der Waals surface area contributed by atoms with Crippen LogP contribution in [0.3, 0.4) is 0 Å². The molecule has 2 rings (SSSR count). The van der Waals surface area contributed by atoms with Gasteiger partial charge in [-0.1, -0.05) is 39.5 Å². The molecule has 0 aromatic heterocycles. The van der Waals surface area contributed by atoms with Gasteiger partial charge in [-0.25, -0.2) is 0 Å². The third-order valence-electron chi connectivity index (χ3n) is 4.70. The normalized spacial score (nSPS) is 30.0. The van der Waals surface area contributed by atoms with Gasteiger partial charge in [-0.05, 0) is 43.3 Å². The first-order valence-electron chi connectivity index (χ1n) is 8.08. The summed E-state index contributed by atoms with van der Waals surface area (Å²) >= 11 is 0. The molecular weight excluding hydrogens is 223 g/mol. The maximum Gasteiger partial charge on any atom is 0.460 e. The Balaban J connectivity index is 1.79. The van der Waals surface area contributed by atoms with Crippen molar-refractivity contribution in [2.45, 2.75) is 71.0 Å². The number of hydrogen-bond acceptors (Lipinski definition) is 2. The van der Waals surface area contributed by atoms with Crippen LogP contribution in [-0.2, 0) is 9.31 Å². The number of unbranched alkanes of at least 4 members (excludes halogenated alkanes) is 2. The van der Waals surface area contributed by atoms with Gasteiger partial charge < -0.3 is 9.31 Å². The fourth-order valence-corrected chi connectivity index (χ4v) is 3.61. The van der Waals surface area contributed by atoms with Crippen LogP contribution in [0.25, 0.3) is 0 Å². The minimum Gasteiger partial charge on any atom is -0.411 e. The van der Waals surface area contributed by atoms with E-state index in [1.165, 1.54) is 38.5 Å². The molecule has 0 radical (unpaired) electrons. The van der Waals surface area contributed by atoms with E-state index >= 15 is 0 Å². The van der Waals surface area contributed by atoms with E-state index in [4.69, 9.17) is 9.31 Å². The Morgan fingerprint density at radius 2 is 1.61 bits per heavy atom. The Bertz CT molecular complexity index is 225. The van der Waals surface area contributed by atoms with Gasteiger partial charge in [0.2, 0.25) is 0 Å². The van der Waals surface area contributed by atoms with Crippen LogP contribution in [0.1, 0.15) is 65.2 Å². The standard InChI is InChI=1S/C15H29BO2/c1-3-5-9-17-16(18-10-6-4-2)15-12-13-7-8-14(15)11-13/h13-15H,3-12H2,1-2H3. The van der Waals surface area contributed by atoms with E-state index < -0.39 is 0 Å². The minimum atomic E-state index is 0.0957. The molecule has 3 atom stereocenters. The number of hydrogen-bond donors (Lipinski definition) is 0. The third kappa shape index (κ3) is 3.74. The van der Waals surface area contributed by atoms with Crippen molar-refractivity contribution >= 4 is 7.12 Å². The van der Waals surface area contributed by atoms with Crippen molar-refractivity contribution in [1.29, 1.82) is 0 Å². The summed E-state index contributed by atoms with van der Waals surface area (Å²) in [5, 5.41) is 0. The molecular formula is C15H29BO2. The van der Waals surface area contributed by atoms with E-state index in [9.17, 15) is 0 Å².